The molecule has 0 aliphatic heterocycles. The van der Waals surface area contributed by atoms with Gasteiger partial charge in [-0.25, -0.2) is 4.98 Å². The van der Waals surface area contributed by atoms with Crippen molar-refractivity contribution in [1.82, 2.24) is 4.98 Å². The van der Waals surface area contributed by atoms with E-state index >= 15 is 0 Å². The highest BCUT2D eigenvalue weighted by molar-refractivity contribution is 7.26. The number of hydrogen-bond acceptors (Lipinski definition) is 4. The smallest absolute Gasteiger partial charge is 0.227 e. The molecular weight excluding hydrogens is 785 g/mol. The van der Waals surface area contributed by atoms with Crippen LogP contribution in [0.4, 0.5) is 17.1 Å². The van der Waals surface area contributed by atoms with Crippen molar-refractivity contribution in [3.8, 4) is 56.0 Å². The number of hydrogen-bond donors (Lipinski definition) is 0. The van der Waals surface area contributed by atoms with Gasteiger partial charge >= 0.3 is 0 Å². The number of nitrogens with zero attached hydrogens (tertiary/aromatic N) is 2. The van der Waals surface area contributed by atoms with Crippen molar-refractivity contribution in [2.45, 2.75) is 0 Å². The summed E-state index contributed by atoms with van der Waals surface area (Å²) in [5.74, 6) is 0.622. The van der Waals surface area contributed by atoms with Gasteiger partial charge in [-0.3, -0.25) is 0 Å². The van der Waals surface area contributed by atoms with Gasteiger partial charge in [-0.05, 0) is 116 Å². The molecule has 63 heavy (non-hydrogen) atoms. The normalized spacial score (nSPS) is 11.5. The van der Waals surface area contributed by atoms with Gasteiger partial charge in [-0.15, -0.1) is 11.3 Å². The van der Waals surface area contributed by atoms with Crippen LogP contribution in [0, 0.1) is 0 Å². The highest BCUT2D eigenvalue weighted by Gasteiger charge is 2.22. The fourth-order valence-electron chi connectivity index (χ4n) is 9.03. The van der Waals surface area contributed by atoms with Crippen molar-refractivity contribution >= 4 is 70.4 Å². The maximum absolute atomic E-state index is 6.56. The predicted octanol–water partition coefficient (Wildman–Crippen LogP) is 17.2. The van der Waals surface area contributed by atoms with E-state index in [0.29, 0.717) is 5.89 Å². The van der Waals surface area contributed by atoms with Crippen molar-refractivity contribution in [2.75, 3.05) is 4.90 Å². The Morgan fingerprint density at radius 3 is 1.81 bits per heavy atom. The van der Waals surface area contributed by atoms with E-state index in [-0.39, 0.29) is 0 Å². The Morgan fingerprint density at radius 2 is 1.02 bits per heavy atom. The van der Waals surface area contributed by atoms with Crippen LogP contribution in [-0.2, 0) is 0 Å². The first-order valence-corrected chi connectivity index (χ1v) is 22.1. The van der Waals surface area contributed by atoms with Gasteiger partial charge < -0.3 is 9.32 Å². The largest absolute Gasteiger partial charge is 0.436 e. The lowest BCUT2D eigenvalue weighted by molar-refractivity contribution is 0.620. The molecular formula is C59H38N2OS. The van der Waals surface area contributed by atoms with E-state index in [0.717, 1.165) is 50.4 Å². The number of fused-ring (bicyclic) bond motifs is 5. The Hall–Kier alpha value is -8.05. The van der Waals surface area contributed by atoms with E-state index in [2.05, 4.69) is 217 Å². The molecule has 296 valence electrons. The summed E-state index contributed by atoms with van der Waals surface area (Å²) in [4.78, 5) is 7.57. The van der Waals surface area contributed by atoms with Crippen LogP contribution in [0.3, 0.4) is 0 Å². The maximum Gasteiger partial charge on any atom is 0.227 e. The van der Waals surface area contributed by atoms with Gasteiger partial charge in [0, 0.05) is 48.4 Å². The average Bonchev–Trinajstić information content (AvgIpc) is 3.96. The Morgan fingerprint density at radius 1 is 0.381 bits per heavy atom. The molecule has 0 saturated carbocycles. The zero-order chi connectivity index (χ0) is 41.7. The molecule has 0 saturated heterocycles. The second-order valence-electron chi connectivity index (χ2n) is 15.9. The minimum absolute atomic E-state index is 0.622. The minimum Gasteiger partial charge on any atom is -0.436 e. The van der Waals surface area contributed by atoms with Crippen LogP contribution in [0.2, 0.25) is 0 Å². The Kier molecular flexibility index (Phi) is 9.02. The van der Waals surface area contributed by atoms with E-state index < -0.39 is 0 Å². The number of oxazole rings is 1. The summed E-state index contributed by atoms with van der Waals surface area (Å²) in [5.41, 5.74) is 15.0. The molecule has 0 amide bonds. The van der Waals surface area contributed by atoms with Gasteiger partial charge in [0.05, 0.1) is 0 Å². The topological polar surface area (TPSA) is 29.3 Å². The van der Waals surface area contributed by atoms with Crippen molar-refractivity contribution in [3.63, 3.8) is 0 Å². The van der Waals surface area contributed by atoms with Crippen molar-refractivity contribution in [3.05, 3.63) is 231 Å². The van der Waals surface area contributed by atoms with Gasteiger partial charge in [0.25, 0.3) is 0 Å². The molecule has 0 bridgehead atoms. The highest BCUT2D eigenvalue weighted by atomic mass is 32.1. The molecule has 0 aliphatic carbocycles. The number of rotatable bonds is 8. The van der Waals surface area contributed by atoms with Crippen LogP contribution in [0.25, 0.3) is 98.0 Å². The van der Waals surface area contributed by atoms with Gasteiger partial charge in [0.1, 0.15) is 5.52 Å². The zero-order valence-electron chi connectivity index (χ0n) is 34.2. The van der Waals surface area contributed by atoms with Gasteiger partial charge in [0.2, 0.25) is 5.89 Å². The first-order chi connectivity index (χ1) is 31.2. The van der Waals surface area contributed by atoms with Crippen LogP contribution in [0.15, 0.2) is 235 Å². The third-order valence-corrected chi connectivity index (χ3v) is 13.3. The molecule has 0 unspecified atom stereocenters. The van der Waals surface area contributed by atoms with Gasteiger partial charge in [0.15, 0.2) is 5.58 Å². The summed E-state index contributed by atoms with van der Waals surface area (Å²) in [7, 11) is 0. The lowest BCUT2D eigenvalue weighted by Gasteiger charge is -2.27. The highest BCUT2D eigenvalue weighted by Crippen LogP contribution is 2.47. The van der Waals surface area contributed by atoms with Crippen molar-refractivity contribution < 1.29 is 4.42 Å². The molecule has 10 aromatic carbocycles. The number of aromatic nitrogens is 1. The standard InChI is InChI=1S/C59H38N2OS/c1-4-15-39(16-5-1)45-23-14-24-48(36-45)61(49-33-34-50(52(37-49)41-18-6-2-7-19-41)46-28-27-40-17-10-11-22-44(40)35-46)47-31-29-42(30-32-47)56-57-54(62-59(60-57)43-20-8-3-9-21-43)38-53-51-25-12-13-26-55(51)63-58(53)56/h1-38H. The quantitative estimate of drug-likeness (QED) is 0.153. The summed E-state index contributed by atoms with van der Waals surface area (Å²) in [6, 6.07) is 82.5. The third-order valence-electron chi connectivity index (χ3n) is 12.1. The molecule has 12 rings (SSSR count). The molecule has 0 N–H and O–H groups in total. The Bertz CT molecular complexity index is 3610. The maximum atomic E-state index is 6.56. The predicted molar refractivity (Wildman–Crippen MR) is 266 cm³/mol. The first-order valence-electron chi connectivity index (χ1n) is 21.3. The summed E-state index contributed by atoms with van der Waals surface area (Å²) in [5, 5.41) is 4.86. The van der Waals surface area contributed by atoms with Crippen LogP contribution in [-0.4, -0.2) is 4.98 Å². The number of thiophene rings is 1. The Labute approximate surface area is 369 Å². The first kappa shape index (κ1) is 36.8. The summed E-state index contributed by atoms with van der Waals surface area (Å²) < 4.78 is 9.01. The van der Waals surface area contributed by atoms with Crippen molar-refractivity contribution in [2.24, 2.45) is 0 Å². The van der Waals surface area contributed by atoms with Crippen molar-refractivity contribution in [1.29, 1.82) is 0 Å². The molecule has 12 aromatic rings. The lowest BCUT2D eigenvalue weighted by atomic mass is 9.92. The van der Waals surface area contributed by atoms with E-state index in [1.54, 1.807) is 0 Å². The Balaban J connectivity index is 1.04. The van der Waals surface area contributed by atoms with Gasteiger partial charge in [-0.2, -0.15) is 0 Å². The lowest BCUT2D eigenvalue weighted by Crippen LogP contribution is -2.10. The summed E-state index contributed by atoms with van der Waals surface area (Å²) in [6.07, 6.45) is 0. The van der Waals surface area contributed by atoms with Crippen LogP contribution in [0.1, 0.15) is 0 Å². The summed E-state index contributed by atoms with van der Waals surface area (Å²) in [6.45, 7) is 0. The second kappa shape index (κ2) is 15.4. The SMILES string of the molecule is c1ccc(-c2cccc(N(c3ccc(-c4c5nc(-c6ccccc6)oc5cc5c4sc4ccccc45)cc3)c3ccc(-c4ccc5ccccc5c4)c(-c4ccccc4)c3)c2)cc1. The molecule has 0 spiro atoms. The second-order valence-corrected chi connectivity index (χ2v) is 17.0. The molecule has 0 aliphatic rings. The molecule has 2 heterocycles. The van der Waals surface area contributed by atoms with E-state index in [9.17, 15) is 0 Å². The molecule has 0 radical (unpaired) electrons. The van der Waals surface area contributed by atoms with E-state index in [4.69, 9.17) is 9.40 Å². The molecule has 0 fully saturated rings. The summed E-state index contributed by atoms with van der Waals surface area (Å²) >= 11 is 1.81. The van der Waals surface area contributed by atoms with Crippen LogP contribution < -0.4 is 4.90 Å². The van der Waals surface area contributed by atoms with Crippen LogP contribution >= 0.6 is 11.3 Å². The number of benzene rings is 10. The van der Waals surface area contributed by atoms with Gasteiger partial charge in [-0.1, -0.05) is 164 Å². The molecule has 2 aromatic heterocycles. The molecule has 3 nitrogen and oxygen atoms in total. The van der Waals surface area contributed by atoms with Crippen LogP contribution in [0.5, 0.6) is 0 Å². The molecule has 0 atom stereocenters. The van der Waals surface area contributed by atoms with E-state index in [1.807, 2.05) is 29.5 Å². The monoisotopic (exact) mass is 822 g/mol. The average molecular weight is 823 g/mol. The number of anilines is 3. The molecule has 4 heteroatoms. The third kappa shape index (κ3) is 6.65. The minimum atomic E-state index is 0.622. The zero-order valence-corrected chi connectivity index (χ0v) is 35.0. The fourth-order valence-corrected chi connectivity index (χ4v) is 10.3. The fraction of sp³-hybridized carbons (Fsp3) is 0. The van der Waals surface area contributed by atoms with E-state index in [1.165, 1.54) is 58.8 Å².